The second-order valence-corrected chi connectivity index (χ2v) is 8.63. The summed E-state index contributed by atoms with van der Waals surface area (Å²) in [5.74, 6) is 0.377. The van der Waals surface area contributed by atoms with Gasteiger partial charge in [0.15, 0.2) is 5.78 Å². The standard InChI is InChI=1S/C24H28FN3O/c1-26-14-15-28-21-11-13-27(16-20(21)19-4-2-5-22(26)24(19)28)12-3-6-23(29)17-7-9-18(25)10-8-17/h2,4-5,7-10,20-21H,3,6,11-16H2,1H3/t20-,21-/m1/s1. The Kier molecular flexibility index (Phi) is 4.78. The first-order valence-electron chi connectivity index (χ1n) is 10.7. The lowest BCUT2D eigenvalue weighted by atomic mass is 9.89. The molecule has 0 saturated carbocycles. The molecule has 0 radical (unpaired) electrons. The van der Waals surface area contributed by atoms with Gasteiger partial charge in [-0.2, -0.15) is 0 Å². The molecule has 0 spiro atoms. The van der Waals surface area contributed by atoms with E-state index in [9.17, 15) is 9.18 Å². The van der Waals surface area contributed by atoms with Gasteiger partial charge in [0.2, 0.25) is 0 Å². The first-order valence-corrected chi connectivity index (χ1v) is 10.7. The molecule has 0 aromatic heterocycles. The van der Waals surface area contributed by atoms with Gasteiger partial charge in [0.1, 0.15) is 5.82 Å². The number of likely N-dealkylation sites (N-methyl/N-ethyl adjacent to an activating group) is 1. The summed E-state index contributed by atoms with van der Waals surface area (Å²) in [5.41, 5.74) is 4.95. The van der Waals surface area contributed by atoms with Gasteiger partial charge in [-0.15, -0.1) is 0 Å². The number of benzene rings is 2. The summed E-state index contributed by atoms with van der Waals surface area (Å²) in [6.45, 7) is 5.33. The van der Waals surface area contributed by atoms with Gasteiger partial charge in [-0.25, -0.2) is 4.39 Å². The van der Waals surface area contributed by atoms with E-state index in [-0.39, 0.29) is 11.6 Å². The number of hydrogen-bond donors (Lipinski definition) is 0. The third kappa shape index (κ3) is 3.31. The maximum atomic E-state index is 13.0. The predicted octanol–water partition coefficient (Wildman–Crippen LogP) is 3.92. The third-order valence-corrected chi connectivity index (χ3v) is 6.93. The van der Waals surface area contributed by atoms with Crippen LogP contribution in [0.3, 0.4) is 0 Å². The van der Waals surface area contributed by atoms with Gasteiger partial charge < -0.3 is 14.7 Å². The van der Waals surface area contributed by atoms with Crippen molar-refractivity contribution in [2.45, 2.75) is 31.2 Å². The van der Waals surface area contributed by atoms with Crippen LogP contribution in [-0.2, 0) is 0 Å². The van der Waals surface area contributed by atoms with Gasteiger partial charge in [0.25, 0.3) is 0 Å². The van der Waals surface area contributed by atoms with Gasteiger partial charge >= 0.3 is 0 Å². The Bertz CT molecular complexity index is 913. The Morgan fingerprint density at radius 3 is 2.76 bits per heavy atom. The fourth-order valence-corrected chi connectivity index (χ4v) is 5.42. The molecular formula is C24H28FN3O. The number of likely N-dealkylation sites (tertiary alicyclic amines) is 1. The van der Waals surface area contributed by atoms with E-state index >= 15 is 0 Å². The Labute approximate surface area is 171 Å². The number of carbonyl (C=O) groups is 1. The van der Waals surface area contributed by atoms with Crippen LogP contribution in [0.1, 0.15) is 41.1 Å². The van der Waals surface area contributed by atoms with Crippen LogP contribution in [0.4, 0.5) is 15.8 Å². The average Bonchev–Trinajstić information content (AvgIpc) is 3.06. The highest BCUT2D eigenvalue weighted by Gasteiger charge is 2.44. The lowest BCUT2D eigenvalue weighted by molar-refractivity contribution is 0.0971. The molecule has 0 N–H and O–H groups in total. The molecule has 29 heavy (non-hydrogen) atoms. The van der Waals surface area contributed by atoms with Crippen molar-refractivity contribution in [3.05, 3.63) is 59.4 Å². The number of rotatable bonds is 5. The van der Waals surface area contributed by atoms with Crippen LogP contribution in [-0.4, -0.2) is 56.5 Å². The molecule has 2 atom stereocenters. The highest BCUT2D eigenvalue weighted by molar-refractivity contribution is 5.95. The maximum absolute atomic E-state index is 13.0. The summed E-state index contributed by atoms with van der Waals surface area (Å²) in [6.07, 6.45) is 2.56. The molecule has 3 aliphatic heterocycles. The Hall–Kier alpha value is -2.40. The van der Waals surface area contributed by atoms with Crippen LogP contribution in [0, 0.1) is 5.82 Å². The first-order chi connectivity index (χ1) is 14.1. The van der Waals surface area contributed by atoms with Crippen LogP contribution in [0.2, 0.25) is 0 Å². The van der Waals surface area contributed by atoms with Gasteiger partial charge in [0, 0.05) is 57.2 Å². The van der Waals surface area contributed by atoms with Crippen molar-refractivity contribution >= 4 is 17.2 Å². The number of piperidine rings is 1. The van der Waals surface area contributed by atoms with Crippen LogP contribution in [0.15, 0.2) is 42.5 Å². The number of para-hydroxylation sites is 1. The zero-order valence-electron chi connectivity index (χ0n) is 17.0. The largest absolute Gasteiger partial charge is 0.371 e. The molecule has 3 heterocycles. The van der Waals surface area contributed by atoms with Crippen molar-refractivity contribution in [2.24, 2.45) is 0 Å². The van der Waals surface area contributed by atoms with E-state index < -0.39 is 0 Å². The van der Waals surface area contributed by atoms with Crippen LogP contribution in [0.5, 0.6) is 0 Å². The Balaban J connectivity index is 1.22. The summed E-state index contributed by atoms with van der Waals surface area (Å²) in [4.78, 5) is 19.9. The number of nitrogens with zero attached hydrogens (tertiary/aromatic N) is 3. The minimum Gasteiger partial charge on any atom is -0.371 e. The first kappa shape index (κ1) is 18.6. The second-order valence-electron chi connectivity index (χ2n) is 8.63. The molecule has 3 aliphatic rings. The summed E-state index contributed by atoms with van der Waals surface area (Å²) >= 11 is 0. The lowest BCUT2D eigenvalue weighted by Crippen LogP contribution is -2.49. The van der Waals surface area contributed by atoms with Gasteiger partial charge in [0.05, 0.1) is 11.4 Å². The summed E-state index contributed by atoms with van der Waals surface area (Å²) < 4.78 is 13.0. The van der Waals surface area contributed by atoms with Crippen molar-refractivity contribution in [1.82, 2.24) is 4.90 Å². The highest BCUT2D eigenvalue weighted by Crippen LogP contribution is 2.50. The van der Waals surface area contributed by atoms with Crippen molar-refractivity contribution in [3.8, 4) is 0 Å². The van der Waals surface area contributed by atoms with Gasteiger partial charge in [-0.05, 0) is 55.3 Å². The number of carbonyl (C=O) groups excluding carboxylic acids is 1. The van der Waals surface area contributed by atoms with E-state index in [1.54, 1.807) is 12.1 Å². The minimum atomic E-state index is -0.298. The molecule has 4 nitrogen and oxygen atoms in total. The van der Waals surface area contributed by atoms with Crippen molar-refractivity contribution in [2.75, 3.05) is 49.6 Å². The second kappa shape index (κ2) is 7.45. The monoisotopic (exact) mass is 393 g/mol. The summed E-state index contributed by atoms with van der Waals surface area (Å²) in [6, 6.07) is 13.3. The lowest BCUT2D eigenvalue weighted by Gasteiger charge is -2.41. The number of fused-ring (bicyclic) bond motifs is 3. The fourth-order valence-electron chi connectivity index (χ4n) is 5.42. The Morgan fingerprint density at radius 1 is 1.10 bits per heavy atom. The van der Waals surface area contributed by atoms with Crippen molar-refractivity contribution in [1.29, 1.82) is 0 Å². The highest BCUT2D eigenvalue weighted by atomic mass is 19.1. The van der Waals surface area contributed by atoms with E-state index in [4.69, 9.17) is 0 Å². The Morgan fingerprint density at radius 2 is 1.93 bits per heavy atom. The zero-order chi connectivity index (χ0) is 20.0. The molecule has 0 unspecified atom stereocenters. The molecule has 0 aliphatic carbocycles. The number of Topliss-reactive ketones (excluding diaryl/α,β-unsaturated/α-hetero) is 1. The molecule has 5 heteroatoms. The SMILES string of the molecule is CN1CCN2c3c(cccc31)[C@H]1CN(CCCC(=O)c3ccc(F)cc3)CC[C@H]12. The molecule has 2 aromatic carbocycles. The summed E-state index contributed by atoms with van der Waals surface area (Å²) in [5, 5.41) is 0. The minimum absolute atomic E-state index is 0.107. The molecule has 152 valence electrons. The fraction of sp³-hybridized carbons (Fsp3) is 0.458. The van der Waals surface area contributed by atoms with E-state index in [2.05, 4.69) is 39.9 Å². The smallest absolute Gasteiger partial charge is 0.162 e. The maximum Gasteiger partial charge on any atom is 0.162 e. The predicted molar refractivity (Wildman–Crippen MR) is 115 cm³/mol. The molecular weight excluding hydrogens is 365 g/mol. The molecule has 2 aromatic rings. The number of halogens is 1. The molecule has 0 amide bonds. The quantitative estimate of drug-likeness (QED) is 0.720. The zero-order valence-corrected chi connectivity index (χ0v) is 17.0. The number of hydrogen-bond acceptors (Lipinski definition) is 4. The van der Waals surface area contributed by atoms with E-state index in [1.807, 2.05) is 0 Å². The van der Waals surface area contributed by atoms with E-state index in [1.165, 1.54) is 35.5 Å². The molecule has 5 rings (SSSR count). The average molecular weight is 394 g/mol. The molecule has 1 fully saturated rings. The van der Waals surface area contributed by atoms with Crippen molar-refractivity contribution < 1.29 is 9.18 Å². The van der Waals surface area contributed by atoms with Gasteiger partial charge in [-0.1, -0.05) is 12.1 Å². The third-order valence-electron chi connectivity index (χ3n) is 6.93. The number of ketones is 1. The molecule has 0 bridgehead atoms. The van der Waals surface area contributed by atoms with Crippen LogP contribution in [0.25, 0.3) is 0 Å². The topological polar surface area (TPSA) is 26.8 Å². The van der Waals surface area contributed by atoms with E-state index in [0.717, 1.165) is 39.1 Å². The van der Waals surface area contributed by atoms with Crippen molar-refractivity contribution in [3.63, 3.8) is 0 Å². The molecule has 1 saturated heterocycles. The normalized spacial score (nSPS) is 23.1. The number of anilines is 2. The van der Waals surface area contributed by atoms with E-state index in [0.29, 0.717) is 23.9 Å². The summed E-state index contributed by atoms with van der Waals surface area (Å²) in [7, 11) is 2.19. The van der Waals surface area contributed by atoms with Crippen LogP contribution >= 0.6 is 0 Å². The van der Waals surface area contributed by atoms with Gasteiger partial charge in [-0.3, -0.25) is 4.79 Å². The van der Waals surface area contributed by atoms with Crippen LogP contribution < -0.4 is 9.80 Å².